The third kappa shape index (κ3) is 2.58. The largest absolute Gasteiger partial charge is 0.456 e. The van der Waals surface area contributed by atoms with Crippen LogP contribution in [0.1, 0.15) is 12.5 Å². The molecule has 0 spiro atoms. The van der Waals surface area contributed by atoms with Gasteiger partial charge in [-0.3, -0.25) is 4.79 Å². The molecule has 0 aliphatic heterocycles. The predicted molar refractivity (Wildman–Crippen MR) is 68.1 cm³/mol. The van der Waals surface area contributed by atoms with Crippen LogP contribution in [0.3, 0.4) is 0 Å². The molecule has 1 aromatic carbocycles. The smallest absolute Gasteiger partial charge is 0.384 e. The fraction of sp³-hybridized carbons (Fsp3) is 0.143. The Morgan fingerprint density at radius 2 is 2.22 bits per heavy atom. The lowest BCUT2D eigenvalue weighted by molar-refractivity contribution is -0.136. The monoisotopic (exact) mass is 241 g/mol. The highest BCUT2D eigenvalue weighted by Crippen LogP contribution is 2.08. The van der Waals surface area contributed by atoms with Crippen molar-refractivity contribution in [2.24, 2.45) is 0 Å². The molecule has 4 nitrogen and oxygen atoms in total. The summed E-state index contributed by atoms with van der Waals surface area (Å²) >= 11 is 0. The van der Waals surface area contributed by atoms with Gasteiger partial charge in [0.15, 0.2) is 5.43 Å². The zero-order valence-electron chi connectivity index (χ0n) is 9.82. The molecule has 1 heterocycles. The Labute approximate surface area is 104 Å². The van der Waals surface area contributed by atoms with Gasteiger partial charge in [0.1, 0.15) is 0 Å². The number of H-pyrrole nitrogens is 1. The number of benzene rings is 1. The molecule has 1 N–H and O–H groups in total. The molecule has 2 aromatic rings. The molecule has 0 fully saturated rings. The molecular formula is C14H11NO3. The average molecular weight is 241 g/mol. The SMILES string of the molecule is CCOC(=O)C#Cc1ccc2c(=O)cc[nH]c2c1. The summed E-state index contributed by atoms with van der Waals surface area (Å²) in [5.74, 6) is 4.51. The predicted octanol–water partition coefficient (Wildman–Crippen LogP) is 1.44. The lowest BCUT2D eigenvalue weighted by Gasteiger charge is -1.97. The Bertz CT molecular complexity index is 704. The number of hydrogen-bond donors (Lipinski definition) is 1. The maximum Gasteiger partial charge on any atom is 0.384 e. The molecule has 0 radical (unpaired) electrons. The minimum atomic E-state index is -0.556. The van der Waals surface area contributed by atoms with Crippen LogP contribution in [-0.2, 0) is 9.53 Å². The van der Waals surface area contributed by atoms with Gasteiger partial charge in [-0.25, -0.2) is 4.79 Å². The number of ether oxygens (including phenoxy) is 1. The fourth-order valence-corrected chi connectivity index (χ4v) is 1.54. The van der Waals surface area contributed by atoms with Crippen LogP contribution < -0.4 is 5.43 Å². The maximum atomic E-state index is 11.5. The van der Waals surface area contributed by atoms with E-state index in [1.165, 1.54) is 6.07 Å². The third-order valence-electron chi connectivity index (χ3n) is 2.34. The van der Waals surface area contributed by atoms with Crippen LogP contribution >= 0.6 is 0 Å². The van der Waals surface area contributed by atoms with Crippen molar-refractivity contribution in [3.05, 3.63) is 46.2 Å². The number of fused-ring (bicyclic) bond motifs is 1. The molecular weight excluding hydrogens is 230 g/mol. The maximum absolute atomic E-state index is 11.5. The van der Waals surface area contributed by atoms with E-state index in [0.717, 1.165) is 0 Å². The topological polar surface area (TPSA) is 59.2 Å². The number of carbonyl (C=O) groups excluding carboxylic acids is 1. The first-order valence-electron chi connectivity index (χ1n) is 5.51. The second kappa shape index (κ2) is 5.19. The quantitative estimate of drug-likeness (QED) is 0.607. The average Bonchev–Trinajstić information content (AvgIpc) is 2.37. The van der Waals surface area contributed by atoms with Gasteiger partial charge in [-0.2, -0.15) is 0 Å². The van der Waals surface area contributed by atoms with E-state index in [1.807, 2.05) is 0 Å². The number of carbonyl (C=O) groups is 1. The number of hydrogen-bond acceptors (Lipinski definition) is 3. The molecule has 0 aliphatic carbocycles. The van der Waals surface area contributed by atoms with Crippen molar-refractivity contribution in [2.45, 2.75) is 6.92 Å². The van der Waals surface area contributed by atoms with Crippen molar-refractivity contribution in [2.75, 3.05) is 6.61 Å². The highest BCUT2D eigenvalue weighted by Gasteiger charge is 1.98. The molecule has 4 heteroatoms. The van der Waals surface area contributed by atoms with Gasteiger partial charge in [-0.15, -0.1) is 0 Å². The van der Waals surface area contributed by atoms with Crippen molar-refractivity contribution in [3.63, 3.8) is 0 Å². The van der Waals surface area contributed by atoms with Gasteiger partial charge < -0.3 is 9.72 Å². The standard InChI is InChI=1S/C14H11NO3/c1-2-18-14(17)6-4-10-3-5-11-12(9-10)15-8-7-13(11)16/h3,5,7-9H,2H2,1H3,(H,15,16). The minimum absolute atomic E-state index is 0.0475. The van der Waals surface area contributed by atoms with Crippen molar-refractivity contribution in [1.82, 2.24) is 4.98 Å². The molecule has 0 saturated carbocycles. The summed E-state index contributed by atoms with van der Waals surface area (Å²) in [5.41, 5.74) is 1.30. The summed E-state index contributed by atoms with van der Waals surface area (Å²) in [6.45, 7) is 2.03. The van der Waals surface area contributed by atoms with Crippen LogP contribution in [0, 0.1) is 11.8 Å². The zero-order valence-corrected chi connectivity index (χ0v) is 9.82. The van der Waals surface area contributed by atoms with Crippen LogP contribution in [0.5, 0.6) is 0 Å². The number of aromatic nitrogens is 1. The van der Waals surface area contributed by atoms with Gasteiger partial charge in [0.2, 0.25) is 0 Å². The lowest BCUT2D eigenvalue weighted by atomic mass is 10.1. The second-order valence-corrected chi connectivity index (χ2v) is 3.57. The minimum Gasteiger partial charge on any atom is -0.456 e. The van der Waals surface area contributed by atoms with Gasteiger partial charge in [0.25, 0.3) is 0 Å². The molecule has 0 unspecified atom stereocenters. The number of aromatic amines is 1. The summed E-state index contributed by atoms with van der Waals surface area (Å²) in [4.78, 5) is 25.6. The van der Waals surface area contributed by atoms with Gasteiger partial charge in [0.05, 0.1) is 12.1 Å². The Morgan fingerprint density at radius 3 is 3.00 bits per heavy atom. The van der Waals surface area contributed by atoms with E-state index < -0.39 is 5.97 Å². The molecule has 0 atom stereocenters. The van der Waals surface area contributed by atoms with Gasteiger partial charge in [-0.1, -0.05) is 5.92 Å². The first-order chi connectivity index (χ1) is 8.70. The number of nitrogens with one attached hydrogen (secondary N) is 1. The lowest BCUT2D eigenvalue weighted by Crippen LogP contribution is -2.00. The Balaban J connectivity index is 2.37. The number of pyridine rings is 1. The van der Waals surface area contributed by atoms with Crippen LogP contribution in [-0.4, -0.2) is 17.6 Å². The summed E-state index contributed by atoms with van der Waals surface area (Å²) in [5, 5.41) is 0.596. The fourth-order valence-electron chi connectivity index (χ4n) is 1.54. The number of esters is 1. The van der Waals surface area contributed by atoms with E-state index in [2.05, 4.69) is 16.8 Å². The zero-order chi connectivity index (χ0) is 13.0. The van der Waals surface area contributed by atoms with Gasteiger partial charge in [0, 0.05) is 29.1 Å². The van der Waals surface area contributed by atoms with Crippen LogP contribution in [0.2, 0.25) is 0 Å². The Kier molecular flexibility index (Phi) is 3.44. The molecule has 0 amide bonds. The molecule has 90 valence electrons. The molecule has 0 aliphatic rings. The third-order valence-corrected chi connectivity index (χ3v) is 2.34. The van der Waals surface area contributed by atoms with Crippen molar-refractivity contribution < 1.29 is 9.53 Å². The highest BCUT2D eigenvalue weighted by molar-refractivity contribution is 5.89. The normalized spacial score (nSPS) is 9.61. The van der Waals surface area contributed by atoms with Crippen molar-refractivity contribution in [3.8, 4) is 11.8 Å². The molecule has 0 bridgehead atoms. The van der Waals surface area contributed by atoms with Crippen LogP contribution in [0.15, 0.2) is 35.3 Å². The van der Waals surface area contributed by atoms with E-state index >= 15 is 0 Å². The summed E-state index contributed by atoms with van der Waals surface area (Å²) in [6.07, 6.45) is 1.58. The molecule has 18 heavy (non-hydrogen) atoms. The summed E-state index contributed by atoms with van der Waals surface area (Å²) < 4.78 is 4.70. The van der Waals surface area contributed by atoms with E-state index in [4.69, 9.17) is 4.74 Å². The summed E-state index contributed by atoms with van der Waals surface area (Å²) in [7, 11) is 0. The Hall–Kier alpha value is -2.54. The molecule has 2 rings (SSSR count). The van der Waals surface area contributed by atoms with Gasteiger partial charge >= 0.3 is 5.97 Å². The summed E-state index contributed by atoms with van der Waals surface area (Å²) in [6, 6.07) is 6.57. The first kappa shape index (κ1) is 11.9. The highest BCUT2D eigenvalue weighted by atomic mass is 16.5. The molecule has 0 saturated heterocycles. The first-order valence-corrected chi connectivity index (χ1v) is 5.51. The van der Waals surface area contributed by atoms with Gasteiger partial charge in [-0.05, 0) is 25.1 Å². The van der Waals surface area contributed by atoms with E-state index in [9.17, 15) is 9.59 Å². The second-order valence-electron chi connectivity index (χ2n) is 3.57. The Morgan fingerprint density at radius 1 is 1.39 bits per heavy atom. The number of rotatable bonds is 1. The van der Waals surface area contributed by atoms with Crippen molar-refractivity contribution in [1.29, 1.82) is 0 Å². The van der Waals surface area contributed by atoms with E-state index in [-0.39, 0.29) is 5.43 Å². The van der Waals surface area contributed by atoms with E-state index in [1.54, 1.807) is 31.3 Å². The van der Waals surface area contributed by atoms with E-state index in [0.29, 0.717) is 23.1 Å². The van der Waals surface area contributed by atoms with Crippen molar-refractivity contribution >= 4 is 16.9 Å². The van der Waals surface area contributed by atoms with Crippen LogP contribution in [0.25, 0.3) is 10.9 Å². The molecule has 1 aromatic heterocycles. The van der Waals surface area contributed by atoms with Crippen LogP contribution in [0.4, 0.5) is 0 Å².